The second-order valence-electron chi connectivity index (χ2n) is 14.0. The van der Waals surface area contributed by atoms with Gasteiger partial charge in [0.05, 0.1) is 59.1 Å². The Bertz CT molecular complexity index is 2330. The largest absolute Gasteiger partial charge is 0.497 e. The molecule has 0 amide bonds. The minimum absolute atomic E-state index is 0.220. The summed E-state index contributed by atoms with van der Waals surface area (Å²) in [4.78, 5) is 39.6. The van der Waals surface area contributed by atoms with Crippen LogP contribution in [0.15, 0.2) is 116 Å². The molecule has 9 nitrogen and oxygen atoms in total. The van der Waals surface area contributed by atoms with Crippen molar-refractivity contribution in [2.75, 3.05) is 35.7 Å². The van der Waals surface area contributed by atoms with E-state index < -0.39 is 11.9 Å². The first-order valence-electron chi connectivity index (χ1n) is 18.7. The zero-order valence-electron chi connectivity index (χ0n) is 31.7. The summed E-state index contributed by atoms with van der Waals surface area (Å²) in [6, 6.07) is 32.7. The number of carbonyl (C=O) groups is 2. The monoisotopic (exact) mass is 731 g/mol. The maximum absolute atomic E-state index is 13.8. The van der Waals surface area contributed by atoms with Crippen LogP contribution in [0.3, 0.4) is 0 Å². The molecule has 0 spiro atoms. The highest BCUT2D eigenvalue weighted by Crippen LogP contribution is 2.35. The van der Waals surface area contributed by atoms with Gasteiger partial charge in [0.2, 0.25) is 0 Å². The van der Waals surface area contributed by atoms with Crippen molar-refractivity contribution in [1.82, 2.24) is 9.97 Å². The molecule has 4 aromatic carbocycles. The highest BCUT2D eigenvalue weighted by molar-refractivity contribution is 6.08. The summed E-state index contributed by atoms with van der Waals surface area (Å²) in [6.07, 6.45) is 8.35. The van der Waals surface area contributed by atoms with Crippen LogP contribution >= 0.6 is 0 Å². The molecule has 2 aromatic heterocycles. The molecule has 9 heteroatoms. The van der Waals surface area contributed by atoms with Crippen molar-refractivity contribution in [2.24, 2.45) is 0 Å². The van der Waals surface area contributed by atoms with Crippen molar-refractivity contribution in [1.29, 1.82) is 0 Å². The lowest BCUT2D eigenvalue weighted by molar-refractivity contribution is 0.0399. The number of aromatic nitrogens is 2. The Balaban J connectivity index is 1.13. The number of methoxy groups -OCH3 is 1. The molecule has 0 aliphatic carbocycles. The fourth-order valence-corrected chi connectivity index (χ4v) is 7.00. The Morgan fingerprint density at radius 1 is 0.636 bits per heavy atom. The summed E-state index contributed by atoms with van der Waals surface area (Å²) in [6.45, 7) is 7.84. The van der Waals surface area contributed by atoms with E-state index >= 15 is 0 Å². The van der Waals surface area contributed by atoms with E-state index in [0.717, 1.165) is 69.4 Å². The number of nitrogens with zero attached hydrogens (tertiary/aromatic N) is 3. The van der Waals surface area contributed by atoms with Crippen LogP contribution < -0.4 is 20.3 Å². The van der Waals surface area contributed by atoms with Gasteiger partial charge in [-0.2, -0.15) is 0 Å². The molecule has 0 saturated carbocycles. The molecule has 3 heterocycles. The number of anilines is 5. The van der Waals surface area contributed by atoms with Crippen molar-refractivity contribution >= 4 is 40.5 Å². The quantitative estimate of drug-likeness (QED) is 0.105. The van der Waals surface area contributed by atoms with Gasteiger partial charge in [0.15, 0.2) is 0 Å². The fourth-order valence-electron chi connectivity index (χ4n) is 7.00. The van der Waals surface area contributed by atoms with Crippen molar-refractivity contribution in [3.8, 4) is 28.1 Å². The van der Waals surface area contributed by atoms with Crippen LogP contribution in [0, 0.1) is 20.8 Å². The number of benzene rings is 4. The zero-order valence-corrected chi connectivity index (χ0v) is 31.7. The number of hydrogen-bond acceptors (Lipinski definition) is 9. The molecule has 0 bridgehead atoms. The van der Waals surface area contributed by atoms with Crippen molar-refractivity contribution in [3.05, 3.63) is 143 Å². The molecule has 0 unspecified atom stereocenters. The molecule has 1 aliphatic heterocycles. The molecule has 1 aliphatic rings. The molecule has 278 valence electrons. The van der Waals surface area contributed by atoms with Gasteiger partial charge in [0.25, 0.3) is 0 Å². The second-order valence-corrected chi connectivity index (χ2v) is 14.0. The second kappa shape index (κ2) is 16.7. The normalized spacial score (nSPS) is 12.8. The van der Waals surface area contributed by atoms with E-state index in [2.05, 4.69) is 22.5 Å². The standard InChI is InChI=1S/C46H45N5O4/c1-30-17-19-41(49-35-25-32(3)44(48-29-35)51-21-10-5-6-11-22-51)39(23-30)45(52)55-46(53)40-24-31(2)18-20-42(40)50-36-27-38(33-13-8-7-9-14-33)43(47-28-36)34-15-12-16-37(26-34)54-4/h7-9,12-20,23-29,49-50H,5-6,10-11,21-22H2,1-4H3. The minimum Gasteiger partial charge on any atom is -0.497 e. The lowest BCUT2D eigenvalue weighted by Gasteiger charge is -2.23. The van der Waals surface area contributed by atoms with E-state index in [0.29, 0.717) is 17.1 Å². The van der Waals surface area contributed by atoms with Crippen LogP contribution in [0.25, 0.3) is 22.4 Å². The summed E-state index contributed by atoms with van der Waals surface area (Å²) in [7, 11) is 1.64. The Labute approximate surface area is 322 Å². The summed E-state index contributed by atoms with van der Waals surface area (Å²) in [5.74, 6) is 0.192. The van der Waals surface area contributed by atoms with Gasteiger partial charge in [0.1, 0.15) is 11.6 Å². The highest BCUT2D eigenvalue weighted by Gasteiger charge is 2.23. The molecule has 55 heavy (non-hydrogen) atoms. The first kappa shape index (κ1) is 36.9. The van der Waals surface area contributed by atoms with Crippen LogP contribution in [0.5, 0.6) is 5.75 Å². The average Bonchev–Trinajstić information content (AvgIpc) is 3.49. The number of esters is 2. The third kappa shape index (κ3) is 8.68. The Morgan fingerprint density at radius 3 is 1.85 bits per heavy atom. The van der Waals surface area contributed by atoms with Gasteiger partial charge in [-0.05, 0) is 93.3 Å². The third-order valence-electron chi connectivity index (χ3n) is 9.81. The molecule has 0 atom stereocenters. The predicted molar refractivity (Wildman–Crippen MR) is 220 cm³/mol. The van der Waals surface area contributed by atoms with Gasteiger partial charge in [-0.3, -0.25) is 4.98 Å². The number of carbonyl (C=O) groups excluding carboxylic acids is 2. The predicted octanol–water partition coefficient (Wildman–Crippen LogP) is 10.6. The number of nitrogens with one attached hydrogen (secondary N) is 2. The van der Waals surface area contributed by atoms with Crippen LogP contribution in [0.4, 0.5) is 28.6 Å². The smallest absolute Gasteiger partial charge is 0.348 e. The topological polar surface area (TPSA) is 106 Å². The third-order valence-corrected chi connectivity index (χ3v) is 9.81. The number of pyridine rings is 2. The van der Waals surface area contributed by atoms with E-state index in [1.807, 2.05) is 98.8 Å². The Kier molecular flexibility index (Phi) is 11.2. The molecule has 1 fully saturated rings. The van der Waals surface area contributed by atoms with E-state index in [4.69, 9.17) is 19.4 Å². The van der Waals surface area contributed by atoms with Crippen molar-refractivity contribution < 1.29 is 19.1 Å². The van der Waals surface area contributed by atoms with Crippen LogP contribution in [0.2, 0.25) is 0 Å². The Hall–Kier alpha value is -6.48. The first-order chi connectivity index (χ1) is 26.7. The van der Waals surface area contributed by atoms with Crippen molar-refractivity contribution in [3.63, 3.8) is 0 Å². The van der Waals surface area contributed by atoms with E-state index in [1.165, 1.54) is 25.7 Å². The van der Waals surface area contributed by atoms with Gasteiger partial charge >= 0.3 is 11.9 Å². The lowest BCUT2D eigenvalue weighted by Crippen LogP contribution is -2.25. The van der Waals surface area contributed by atoms with Gasteiger partial charge < -0.3 is 25.0 Å². The minimum atomic E-state index is -0.771. The number of rotatable bonds is 10. The molecule has 7 rings (SSSR count). The van der Waals surface area contributed by atoms with E-state index in [-0.39, 0.29) is 11.1 Å². The number of hydrogen-bond donors (Lipinski definition) is 2. The van der Waals surface area contributed by atoms with Crippen molar-refractivity contribution in [2.45, 2.75) is 46.5 Å². The van der Waals surface area contributed by atoms with Crippen LogP contribution in [0.1, 0.15) is 63.1 Å². The molecule has 1 saturated heterocycles. The maximum atomic E-state index is 13.8. The summed E-state index contributed by atoms with van der Waals surface area (Å²) in [5, 5.41) is 6.73. The van der Waals surface area contributed by atoms with Gasteiger partial charge in [-0.15, -0.1) is 0 Å². The number of aryl methyl sites for hydroxylation is 3. The maximum Gasteiger partial charge on any atom is 0.348 e. The molecule has 6 aromatic rings. The summed E-state index contributed by atoms with van der Waals surface area (Å²) >= 11 is 0. The fraction of sp³-hybridized carbons (Fsp3) is 0.217. The zero-order chi connectivity index (χ0) is 38.3. The van der Waals surface area contributed by atoms with Gasteiger partial charge in [-0.1, -0.05) is 78.6 Å². The molecule has 0 radical (unpaired) electrons. The van der Waals surface area contributed by atoms with Gasteiger partial charge in [0, 0.05) is 24.2 Å². The average molecular weight is 732 g/mol. The van der Waals surface area contributed by atoms with Gasteiger partial charge in [-0.25, -0.2) is 14.6 Å². The SMILES string of the molecule is COc1cccc(-c2ncc(Nc3ccc(C)cc3C(=O)OC(=O)c3cc(C)ccc3Nc3cnc(N4CCCCCC4)c(C)c3)cc2-c2ccccc2)c1. The van der Waals surface area contributed by atoms with Crippen LogP contribution in [-0.4, -0.2) is 42.1 Å². The highest BCUT2D eigenvalue weighted by atomic mass is 16.6. The summed E-state index contributed by atoms with van der Waals surface area (Å²) < 4.78 is 11.1. The summed E-state index contributed by atoms with van der Waals surface area (Å²) in [5.41, 5.74) is 9.17. The first-order valence-corrected chi connectivity index (χ1v) is 18.7. The molecular formula is C46H45N5O4. The van der Waals surface area contributed by atoms with E-state index in [9.17, 15) is 9.59 Å². The molecule has 2 N–H and O–H groups in total. The number of ether oxygens (including phenoxy) is 2. The van der Waals surface area contributed by atoms with Crippen LogP contribution in [-0.2, 0) is 4.74 Å². The molecular weight excluding hydrogens is 687 g/mol. The lowest BCUT2D eigenvalue weighted by atomic mass is 9.98. The Morgan fingerprint density at radius 2 is 1.24 bits per heavy atom. The van der Waals surface area contributed by atoms with E-state index in [1.54, 1.807) is 37.7 Å².